The molecule has 0 unspecified atom stereocenters. The molecule has 0 radical (unpaired) electrons. The number of aryl methyl sites for hydroxylation is 1. The largest absolute Gasteiger partial charge is 0.369 e. The van der Waals surface area contributed by atoms with Gasteiger partial charge in [-0.15, -0.1) is 0 Å². The minimum atomic E-state index is -0.156. The van der Waals surface area contributed by atoms with Crippen molar-refractivity contribution in [2.24, 2.45) is 18.7 Å². The van der Waals surface area contributed by atoms with Crippen molar-refractivity contribution >= 4 is 5.91 Å². The van der Waals surface area contributed by atoms with Crippen LogP contribution < -0.4 is 5.73 Å². The molecule has 1 aliphatic heterocycles. The Morgan fingerprint density at radius 3 is 3.06 bits per heavy atom. The summed E-state index contributed by atoms with van der Waals surface area (Å²) in [6.07, 6.45) is 4.06. The van der Waals surface area contributed by atoms with E-state index in [1.807, 2.05) is 19.3 Å². The second-order valence-corrected chi connectivity index (χ2v) is 4.59. The lowest BCUT2D eigenvalue weighted by Gasteiger charge is -2.31. The second-order valence-electron chi connectivity index (χ2n) is 4.59. The highest BCUT2D eigenvalue weighted by molar-refractivity contribution is 5.76. The third kappa shape index (κ3) is 2.44. The summed E-state index contributed by atoms with van der Waals surface area (Å²) < 4.78 is 2.12. The third-order valence-corrected chi connectivity index (χ3v) is 3.34. The van der Waals surface area contributed by atoms with Crippen molar-refractivity contribution in [2.75, 3.05) is 13.1 Å². The number of hydrogen-bond donors (Lipinski definition) is 1. The Bertz CT molecular complexity index is 372. The topological polar surface area (TPSA) is 51.3 Å². The van der Waals surface area contributed by atoms with E-state index in [-0.39, 0.29) is 11.8 Å². The number of hydrogen-bond acceptors (Lipinski definition) is 2. The van der Waals surface area contributed by atoms with E-state index in [1.165, 1.54) is 5.69 Å². The third-order valence-electron chi connectivity index (χ3n) is 3.34. The molecule has 4 nitrogen and oxygen atoms in total. The number of carbonyl (C=O) groups is 1. The van der Waals surface area contributed by atoms with Crippen LogP contribution in [0.2, 0.25) is 0 Å². The zero-order valence-corrected chi connectivity index (χ0v) is 9.72. The van der Waals surface area contributed by atoms with Gasteiger partial charge in [-0.2, -0.15) is 0 Å². The van der Waals surface area contributed by atoms with E-state index in [2.05, 4.69) is 15.5 Å². The molecule has 0 bridgehead atoms. The summed E-state index contributed by atoms with van der Waals surface area (Å²) in [4.78, 5) is 13.5. The van der Waals surface area contributed by atoms with Crippen molar-refractivity contribution in [1.29, 1.82) is 0 Å². The fourth-order valence-corrected chi connectivity index (χ4v) is 2.32. The summed E-state index contributed by atoms with van der Waals surface area (Å²) in [6.45, 7) is 2.78. The molecule has 4 heteroatoms. The number of nitrogens with two attached hydrogens (primary N) is 1. The number of likely N-dealkylation sites (tertiary alicyclic amines) is 1. The molecule has 0 aromatic carbocycles. The van der Waals surface area contributed by atoms with Gasteiger partial charge in [0.1, 0.15) is 0 Å². The quantitative estimate of drug-likeness (QED) is 0.817. The lowest BCUT2D eigenvalue weighted by Crippen LogP contribution is -2.40. The number of nitrogens with zero attached hydrogens (tertiary/aromatic N) is 2. The molecular formula is C12H19N3O. The molecule has 88 valence electrons. The first-order valence-corrected chi connectivity index (χ1v) is 5.78. The van der Waals surface area contributed by atoms with Crippen molar-refractivity contribution in [1.82, 2.24) is 9.47 Å². The van der Waals surface area contributed by atoms with Gasteiger partial charge in [-0.05, 0) is 31.5 Å². The highest BCUT2D eigenvalue weighted by Gasteiger charge is 2.24. The molecule has 1 aromatic heterocycles. The Balaban J connectivity index is 1.95. The van der Waals surface area contributed by atoms with Gasteiger partial charge in [0.15, 0.2) is 0 Å². The molecule has 2 heterocycles. The standard InChI is InChI=1S/C12H19N3O/c1-14-6-3-5-11(14)9-15-7-2-4-10(8-15)12(13)16/h3,5-6,10H,2,4,7-9H2,1H3,(H2,13,16)/t10-/m0/s1. The molecular weight excluding hydrogens is 202 g/mol. The first kappa shape index (κ1) is 11.2. The summed E-state index contributed by atoms with van der Waals surface area (Å²) >= 11 is 0. The van der Waals surface area contributed by atoms with E-state index in [0.717, 1.165) is 32.5 Å². The maximum atomic E-state index is 11.2. The fourth-order valence-electron chi connectivity index (χ4n) is 2.32. The van der Waals surface area contributed by atoms with Gasteiger partial charge in [0.25, 0.3) is 0 Å². The predicted molar refractivity (Wildman–Crippen MR) is 62.6 cm³/mol. The van der Waals surface area contributed by atoms with Crippen LogP contribution in [0.5, 0.6) is 0 Å². The smallest absolute Gasteiger partial charge is 0.221 e. The Morgan fingerprint density at radius 1 is 1.62 bits per heavy atom. The number of primary amides is 1. The molecule has 0 saturated carbocycles. The lowest BCUT2D eigenvalue weighted by atomic mass is 9.97. The van der Waals surface area contributed by atoms with Crippen LogP contribution in [0.15, 0.2) is 18.3 Å². The Kier molecular flexibility index (Phi) is 3.29. The molecule has 1 amide bonds. The van der Waals surface area contributed by atoms with Crippen LogP contribution in [-0.4, -0.2) is 28.5 Å². The van der Waals surface area contributed by atoms with Crippen LogP contribution in [0.3, 0.4) is 0 Å². The summed E-state index contributed by atoms with van der Waals surface area (Å²) in [5, 5.41) is 0. The molecule has 2 N–H and O–H groups in total. The molecule has 16 heavy (non-hydrogen) atoms. The van der Waals surface area contributed by atoms with Gasteiger partial charge >= 0.3 is 0 Å². The molecule has 1 fully saturated rings. The average molecular weight is 221 g/mol. The van der Waals surface area contributed by atoms with Crippen LogP contribution in [-0.2, 0) is 18.4 Å². The summed E-state index contributed by atoms with van der Waals surface area (Å²) in [5.41, 5.74) is 6.64. The minimum absolute atomic E-state index is 0.0361. The van der Waals surface area contributed by atoms with Crippen LogP contribution in [0, 0.1) is 5.92 Å². The number of carbonyl (C=O) groups excluding carboxylic acids is 1. The monoisotopic (exact) mass is 221 g/mol. The van der Waals surface area contributed by atoms with Crippen molar-refractivity contribution in [2.45, 2.75) is 19.4 Å². The Labute approximate surface area is 96.0 Å². The van der Waals surface area contributed by atoms with E-state index in [1.54, 1.807) is 0 Å². The SMILES string of the molecule is Cn1cccc1CN1CCC[C@H](C(N)=O)C1. The summed E-state index contributed by atoms with van der Waals surface area (Å²) in [6, 6.07) is 4.17. The zero-order chi connectivity index (χ0) is 11.5. The minimum Gasteiger partial charge on any atom is -0.369 e. The Morgan fingerprint density at radius 2 is 2.44 bits per heavy atom. The predicted octanol–water partition coefficient (Wildman–Crippen LogP) is 0.722. The molecule has 0 spiro atoms. The van der Waals surface area contributed by atoms with Crippen molar-refractivity contribution in [3.05, 3.63) is 24.0 Å². The normalized spacial score (nSPS) is 22.2. The van der Waals surface area contributed by atoms with Crippen molar-refractivity contribution in [3.8, 4) is 0 Å². The summed E-state index contributed by atoms with van der Waals surface area (Å²) in [5.74, 6) is -0.120. The van der Waals surface area contributed by atoms with Gasteiger partial charge in [-0.25, -0.2) is 0 Å². The van der Waals surface area contributed by atoms with Gasteiger partial charge in [0, 0.05) is 32.0 Å². The Hall–Kier alpha value is -1.29. The molecule has 0 aliphatic carbocycles. The van der Waals surface area contributed by atoms with Crippen LogP contribution in [0.4, 0.5) is 0 Å². The van der Waals surface area contributed by atoms with Crippen LogP contribution in [0.25, 0.3) is 0 Å². The maximum Gasteiger partial charge on any atom is 0.221 e. The van der Waals surface area contributed by atoms with Gasteiger partial charge in [-0.1, -0.05) is 0 Å². The first-order valence-electron chi connectivity index (χ1n) is 5.78. The molecule has 2 rings (SSSR count). The highest BCUT2D eigenvalue weighted by atomic mass is 16.1. The van der Waals surface area contributed by atoms with Crippen molar-refractivity contribution in [3.63, 3.8) is 0 Å². The van der Waals surface area contributed by atoms with Crippen LogP contribution in [0.1, 0.15) is 18.5 Å². The van der Waals surface area contributed by atoms with Crippen molar-refractivity contribution < 1.29 is 4.79 Å². The van der Waals surface area contributed by atoms with Gasteiger partial charge in [-0.3, -0.25) is 9.69 Å². The summed E-state index contributed by atoms with van der Waals surface area (Å²) in [7, 11) is 2.05. The molecule has 1 aliphatic rings. The van der Waals surface area contributed by atoms with E-state index in [0.29, 0.717) is 0 Å². The van der Waals surface area contributed by atoms with Gasteiger partial charge in [0.05, 0.1) is 5.92 Å². The number of aromatic nitrogens is 1. The fraction of sp³-hybridized carbons (Fsp3) is 0.583. The molecule has 1 saturated heterocycles. The number of piperidine rings is 1. The van der Waals surface area contributed by atoms with E-state index < -0.39 is 0 Å². The highest BCUT2D eigenvalue weighted by Crippen LogP contribution is 2.18. The zero-order valence-electron chi connectivity index (χ0n) is 9.72. The van der Waals surface area contributed by atoms with Gasteiger partial charge < -0.3 is 10.3 Å². The molecule has 1 atom stereocenters. The lowest BCUT2D eigenvalue weighted by molar-refractivity contribution is -0.123. The van der Waals surface area contributed by atoms with Crippen LogP contribution >= 0.6 is 0 Å². The second kappa shape index (κ2) is 4.70. The number of amides is 1. The van der Waals surface area contributed by atoms with E-state index >= 15 is 0 Å². The number of rotatable bonds is 3. The molecule has 1 aromatic rings. The average Bonchev–Trinajstić information content (AvgIpc) is 2.65. The first-order chi connectivity index (χ1) is 7.66. The van der Waals surface area contributed by atoms with Gasteiger partial charge in [0.2, 0.25) is 5.91 Å². The maximum absolute atomic E-state index is 11.2. The van der Waals surface area contributed by atoms with E-state index in [9.17, 15) is 4.79 Å². The van der Waals surface area contributed by atoms with E-state index in [4.69, 9.17) is 5.73 Å².